The normalized spacial score (nSPS) is 15.8. The molecule has 8 nitrogen and oxygen atoms in total. The number of hydrogen-bond donors (Lipinski definition) is 1. The summed E-state index contributed by atoms with van der Waals surface area (Å²) in [7, 11) is 4.00. The second kappa shape index (κ2) is 8.23. The van der Waals surface area contributed by atoms with E-state index in [2.05, 4.69) is 26.4 Å². The number of nitriles is 1. The number of hydrogen-bond acceptors (Lipinski definition) is 7. The average Bonchev–Trinajstić information content (AvgIpc) is 3.08. The number of nitrogens with zero attached hydrogens (tertiary/aromatic N) is 5. The van der Waals surface area contributed by atoms with Gasteiger partial charge in [-0.05, 0) is 45.6 Å². The van der Waals surface area contributed by atoms with Crippen molar-refractivity contribution >= 4 is 11.9 Å². The van der Waals surface area contributed by atoms with Crippen LogP contribution >= 0.6 is 0 Å². The van der Waals surface area contributed by atoms with Gasteiger partial charge in [0.1, 0.15) is 6.04 Å². The van der Waals surface area contributed by atoms with Crippen molar-refractivity contribution in [3.05, 3.63) is 52.5 Å². The molecule has 28 heavy (non-hydrogen) atoms. The number of allylic oxidation sites excluding steroid dienone is 1. The quantitative estimate of drug-likeness (QED) is 0.767. The molecule has 0 spiro atoms. The zero-order valence-corrected chi connectivity index (χ0v) is 16.6. The molecule has 1 aromatic carbocycles. The van der Waals surface area contributed by atoms with E-state index in [1.807, 2.05) is 33.2 Å². The lowest BCUT2D eigenvalue weighted by Crippen LogP contribution is -2.29. The van der Waals surface area contributed by atoms with Gasteiger partial charge in [-0.3, -0.25) is 0 Å². The number of aromatic nitrogens is 3. The van der Waals surface area contributed by atoms with Crippen LogP contribution in [0.15, 0.2) is 35.5 Å². The van der Waals surface area contributed by atoms with E-state index in [1.54, 1.807) is 23.7 Å². The fourth-order valence-corrected chi connectivity index (χ4v) is 3.15. The molecule has 146 valence electrons. The number of nitrogens with one attached hydrogen (secondary N) is 1. The van der Waals surface area contributed by atoms with E-state index in [4.69, 9.17) is 10.00 Å². The van der Waals surface area contributed by atoms with Crippen LogP contribution in [0.2, 0.25) is 0 Å². The highest BCUT2D eigenvalue weighted by atomic mass is 16.5. The number of benzene rings is 1. The van der Waals surface area contributed by atoms with Gasteiger partial charge < -0.3 is 15.0 Å². The Bertz CT molecular complexity index is 937. The summed E-state index contributed by atoms with van der Waals surface area (Å²) in [4.78, 5) is 19.4. The van der Waals surface area contributed by atoms with Crippen molar-refractivity contribution < 1.29 is 9.53 Å². The fraction of sp³-hybridized carbons (Fsp3) is 0.400. The summed E-state index contributed by atoms with van der Waals surface area (Å²) in [6.07, 6.45) is 0.697. The SMILES string of the molecule is CCOC(=O)C1=C(C)Nc2nc(CCN(C)C)nn2C1c1ccc(C#N)cc1. The van der Waals surface area contributed by atoms with Crippen LogP contribution in [0.1, 0.15) is 36.8 Å². The molecular formula is C20H24N6O2. The minimum absolute atomic E-state index is 0.286. The summed E-state index contributed by atoms with van der Waals surface area (Å²) < 4.78 is 7.02. The number of anilines is 1. The van der Waals surface area contributed by atoms with Gasteiger partial charge in [0.15, 0.2) is 5.82 Å². The molecule has 2 heterocycles. The molecule has 0 bridgehead atoms. The number of carbonyl (C=O) groups is 1. The van der Waals surface area contributed by atoms with Gasteiger partial charge in [-0.15, -0.1) is 0 Å². The highest BCUT2D eigenvalue weighted by Crippen LogP contribution is 2.35. The molecule has 0 amide bonds. The average molecular weight is 380 g/mol. The summed E-state index contributed by atoms with van der Waals surface area (Å²) >= 11 is 0. The van der Waals surface area contributed by atoms with Crippen LogP contribution < -0.4 is 5.32 Å². The number of fused-ring (bicyclic) bond motifs is 1. The Hall–Kier alpha value is -3.18. The van der Waals surface area contributed by atoms with Crippen LogP contribution in [0, 0.1) is 11.3 Å². The predicted octanol–water partition coefficient (Wildman–Crippen LogP) is 2.11. The molecule has 1 unspecified atom stereocenters. The molecular weight excluding hydrogens is 356 g/mol. The van der Waals surface area contributed by atoms with Crippen molar-refractivity contribution in [1.82, 2.24) is 19.7 Å². The number of carbonyl (C=O) groups excluding carboxylic acids is 1. The van der Waals surface area contributed by atoms with Gasteiger partial charge in [0.25, 0.3) is 0 Å². The van der Waals surface area contributed by atoms with Crippen molar-refractivity contribution in [1.29, 1.82) is 5.26 Å². The van der Waals surface area contributed by atoms with E-state index in [-0.39, 0.29) is 6.61 Å². The van der Waals surface area contributed by atoms with Crippen molar-refractivity contribution in [3.8, 4) is 6.07 Å². The minimum Gasteiger partial charge on any atom is -0.463 e. The molecule has 0 radical (unpaired) electrons. The fourth-order valence-electron chi connectivity index (χ4n) is 3.15. The summed E-state index contributed by atoms with van der Waals surface area (Å²) in [5.74, 6) is 0.902. The Labute approximate surface area is 164 Å². The Morgan fingerprint density at radius 2 is 2.07 bits per heavy atom. The van der Waals surface area contributed by atoms with E-state index in [1.165, 1.54) is 0 Å². The van der Waals surface area contributed by atoms with Gasteiger partial charge in [-0.2, -0.15) is 15.3 Å². The number of ether oxygens (including phenoxy) is 1. The van der Waals surface area contributed by atoms with Gasteiger partial charge in [-0.25, -0.2) is 9.48 Å². The van der Waals surface area contributed by atoms with Crippen LogP contribution in [0.4, 0.5) is 5.95 Å². The van der Waals surface area contributed by atoms with Gasteiger partial charge in [0.05, 0.1) is 23.8 Å². The van der Waals surface area contributed by atoms with Crippen molar-refractivity contribution in [2.24, 2.45) is 0 Å². The number of rotatable bonds is 6. The third kappa shape index (κ3) is 3.89. The van der Waals surface area contributed by atoms with Gasteiger partial charge in [0, 0.05) is 18.7 Å². The second-order valence-corrected chi connectivity index (χ2v) is 6.87. The summed E-state index contributed by atoms with van der Waals surface area (Å²) in [6, 6.07) is 8.80. The van der Waals surface area contributed by atoms with E-state index in [0.717, 1.165) is 12.1 Å². The highest BCUT2D eigenvalue weighted by Gasteiger charge is 2.35. The maximum absolute atomic E-state index is 12.7. The van der Waals surface area contributed by atoms with Crippen LogP contribution in [-0.4, -0.2) is 52.9 Å². The maximum Gasteiger partial charge on any atom is 0.338 e. The molecule has 2 aromatic rings. The van der Waals surface area contributed by atoms with Crippen LogP contribution in [0.5, 0.6) is 0 Å². The molecule has 1 aromatic heterocycles. The lowest BCUT2D eigenvalue weighted by molar-refractivity contribution is -0.139. The maximum atomic E-state index is 12.7. The van der Waals surface area contributed by atoms with Crippen LogP contribution in [0.3, 0.4) is 0 Å². The Morgan fingerprint density at radius 1 is 1.36 bits per heavy atom. The third-order valence-corrected chi connectivity index (χ3v) is 4.53. The van der Waals surface area contributed by atoms with Gasteiger partial charge in [-0.1, -0.05) is 12.1 Å². The largest absolute Gasteiger partial charge is 0.463 e. The zero-order valence-electron chi connectivity index (χ0n) is 16.6. The Kier molecular flexibility index (Phi) is 5.76. The van der Waals surface area contributed by atoms with E-state index in [9.17, 15) is 4.79 Å². The Morgan fingerprint density at radius 3 is 2.68 bits per heavy atom. The number of likely N-dealkylation sites (N-methyl/N-ethyl adjacent to an activating group) is 1. The first-order chi connectivity index (χ1) is 13.4. The second-order valence-electron chi connectivity index (χ2n) is 6.87. The van der Waals surface area contributed by atoms with Crippen molar-refractivity contribution in [2.45, 2.75) is 26.3 Å². The molecule has 0 fully saturated rings. The molecule has 0 saturated carbocycles. The van der Waals surface area contributed by atoms with Crippen LogP contribution in [0.25, 0.3) is 0 Å². The van der Waals surface area contributed by atoms with Crippen molar-refractivity contribution in [3.63, 3.8) is 0 Å². The monoisotopic (exact) mass is 380 g/mol. The molecule has 1 atom stereocenters. The van der Waals surface area contributed by atoms with E-state index < -0.39 is 12.0 Å². The lowest BCUT2D eigenvalue weighted by atomic mass is 9.95. The first kappa shape index (κ1) is 19.6. The minimum atomic E-state index is -0.469. The Balaban J connectivity index is 2.06. The molecule has 0 aliphatic carbocycles. The van der Waals surface area contributed by atoms with Crippen molar-refractivity contribution in [2.75, 3.05) is 32.6 Å². The molecule has 8 heteroatoms. The van der Waals surface area contributed by atoms with E-state index in [0.29, 0.717) is 35.0 Å². The first-order valence-corrected chi connectivity index (χ1v) is 9.19. The van der Waals surface area contributed by atoms with E-state index >= 15 is 0 Å². The van der Waals surface area contributed by atoms with Gasteiger partial charge >= 0.3 is 5.97 Å². The predicted molar refractivity (Wildman–Crippen MR) is 105 cm³/mol. The first-order valence-electron chi connectivity index (χ1n) is 9.19. The highest BCUT2D eigenvalue weighted by molar-refractivity contribution is 5.92. The smallest absolute Gasteiger partial charge is 0.338 e. The molecule has 1 aliphatic rings. The molecule has 1 aliphatic heterocycles. The molecule has 1 N–H and O–H groups in total. The topological polar surface area (TPSA) is 96.1 Å². The lowest BCUT2D eigenvalue weighted by Gasteiger charge is -2.28. The van der Waals surface area contributed by atoms with Gasteiger partial charge in [0.2, 0.25) is 5.95 Å². The summed E-state index contributed by atoms with van der Waals surface area (Å²) in [5.41, 5.74) is 2.57. The molecule has 0 saturated heterocycles. The van der Waals surface area contributed by atoms with Crippen LogP contribution in [-0.2, 0) is 16.0 Å². The third-order valence-electron chi connectivity index (χ3n) is 4.53. The standard InChI is InChI=1S/C20H24N6O2/c1-5-28-19(27)17-13(2)22-20-23-16(10-11-25(3)4)24-26(20)18(17)15-8-6-14(12-21)7-9-15/h6-9,18H,5,10-11H2,1-4H3,(H,22,23,24). The number of esters is 1. The molecule has 3 rings (SSSR count). The summed E-state index contributed by atoms with van der Waals surface area (Å²) in [5, 5.41) is 16.9. The zero-order chi connectivity index (χ0) is 20.3. The summed E-state index contributed by atoms with van der Waals surface area (Å²) in [6.45, 7) is 4.72.